The molecule has 0 atom stereocenters. The smallest absolute Gasteiger partial charge is 0.252 e. The van der Waals surface area contributed by atoms with E-state index in [1.807, 2.05) is 39.8 Å². The molecule has 0 aromatic carbocycles. The average molecular weight is 409 g/mol. The quantitative estimate of drug-likeness (QED) is 0.581. The number of rotatable bonds is 10. The highest BCUT2D eigenvalue weighted by atomic mass is 16.5. The molecule has 1 aromatic heterocycles. The van der Waals surface area contributed by atoms with Gasteiger partial charge in [0.05, 0.1) is 31.5 Å². The minimum absolute atomic E-state index is 0. The summed E-state index contributed by atoms with van der Waals surface area (Å²) in [6, 6.07) is 3.76. The Morgan fingerprint density at radius 2 is 1.83 bits per heavy atom. The van der Waals surface area contributed by atoms with Gasteiger partial charge in [-0.3, -0.25) is 14.6 Å². The minimum atomic E-state index is -0.142. The van der Waals surface area contributed by atoms with E-state index in [1.165, 1.54) is 0 Å². The highest BCUT2D eigenvalue weighted by Gasteiger charge is 2.25. The summed E-state index contributed by atoms with van der Waals surface area (Å²) in [5.74, 6) is 0.755. The highest BCUT2D eigenvalue weighted by molar-refractivity contribution is 5.93. The van der Waals surface area contributed by atoms with E-state index in [9.17, 15) is 9.59 Å². The van der Waals surface area contributed by atoms with Gasteiger partial charge in [0, 0.05) is 31.7 Å². The van der Waals surface area contributed by atoms with E-state index in [0.29, 0.717) is 43.6 Å². The molecular formula is C23H40N2O4. The van der Waals surface area contributed by atoms with E-state index >= 15 is 0 Å². The first-order valence-corrected chi connectivity index (χ1v) is 10.9. The number of pyridine rings is 1. The van der Waals surface area contributed by atoms with Crippen molar-refractivity contribution in [2.45, 2.75) is 72.3 Å². The number of Topliss-reactive ketones (excluding diaryl/α,β-unsaturated/α-hetero) is 1. The Labute approximate surface area is 177 Å². The van der Waals surface area contributed by atoms with Gasteiger partial charge in [-0.25, -0.2) is 0 Å². The Bertz CT molecular complexity index is 600. The summed E-state index contributed by atoms with van der Waals surface area (Å²) >= 11 is 0. The summed E-state index contributed by atoms with van der Waals surface area (Å²) in [6.07, 6.45) is 5.69. The molecule has 2 rings (SSSR count). The molecule has 0 aliphatic heterocycles. The molecule has 1 saturated carbocycles. The van der Waals surface area contributed by atoms with Crippen molar-refractivity contribution in [3.05, 3.63) is 29.6 Å². The van der Waals surface area contributed by atoms with Crippen LogP contribution in [0.4, 0.5) is 0 Å². The third-order valence-corrected chi connectivity index (χ3v) is 4.98. The van der Waals surface area contributed by atoms with E-state index in [0.717, 1.165) is 31.4 Å². The number of carbonyl (C=O) groups excluding carboxylic acids is 2. The Morgan fingerprint density at radius 3 is 2.38 bits per heavy atom. The molecule has 166 valence electrons. The van der Waals surface area contributed by atoms with Crippen molar-refractivity contribution in [2.75, 3.05) is 26.4 Å². The van der Waals surface area contributed by atoms with Gasteiger partial charge in [-0.1, -0.05) is 13.8 Å². The van der Waals surface area contributed by atoms with Crippen molar-refractivity contribution in [2.24, 2.45) is 5.92 Å². The zero-order chi connectivity index (χ0) is 21.6. The van der Waals surface area contributed by atoms with Crippen molar-refractivity contribution in [1.82, 2.24) is 10.3 Å². The molecule has 0 unspecified atom stereocenters. The molecule has 29 heavy (non-hydrogen) atoms. The number of amides is 1. The van der Waals surface area contributed by atoms with E-state index < -0.39 is 0 Å². The summed E-state index contributed by atoms with van der Waals surface area (Å²) < 4.78 is 10.8. The molecule has 6 heteroatoms. The Morgan fingerprint density at radius 1 is 1.14 bits per heavy atom. The van der Waals surface area contributed by atoms with Crippen LogP contribution in [0.25, 0.3) is 0 Å². The first-order chi connectivity index (χ1) is 14.0. The van der Waals surface area contributed by atoms with Crippen LogP contribution in [0.5, 0.6) is 0 Å². The van der Waals surface area contributed by atoms with Gasteiger partial charge in [0.25, 0.3) is 5.91 Å². The van der Waals surface area contributed by atoms with Crippen LogP contribution in [-0.4, -0.2) is 49.1 Å². The maximum absolute atomic E-state index is 12.2. The first kappa shape index (κ1) is 25.2. The normalized spacial score (nSPS) is 18.7. The van der Waals surface area contributed by atoms with Crippen molar-refractivity contribution < 1.29 is 20.5 Å². The van der Waals surface area contributed by atoms with Gasteiger partial charge in [-0.2, -0.15) is 0 Å². The summed E-state index contributed by atoms with van der Waals surface area (Å²) in [6.45, 7) is 11.6. The number of ketones is 1. The number of carbonyl (C=O) groups is 2. The summed E-state index contributed by atoms with van der Waals surface area (Å²) in [5.41, 5.74) is 1.57. The molecule has 0 radical (unpaired) electrons. The molecule has 0 saturated heterocycles. The lowest BCUT2D eigenvalue weighted by Gasteiger charge is -2.26. The third kappa shape index (κ3) is 9.50. The van der Waals surface area contributed by atoms with Crippen LogP contribution in [0.3, 0.4) is 0 Å². The Kier molecular flexibility index (Phi) is 12.4. The third-order valence-electron chi connectivity index (χ3n) is 4.98. The largest absolute Gasteiger partial charge is 0.377 e. The molecule has 1 aromatic rings. The first-order valence-electron chi connectivity index (χ1n) is 10.9. The standard InChI is InChI=1S/C21H32N2O4.C2H6.H2/c1-15(2)27-13-12-26-11-10-22-21(25)19-8-9-20(23-14-19)18-6-4-17(5-7-18)16(3)24;1-2;/h8-9,14-15,17-18H,4-7,10-13H2,1-3H3,(H,22,25);1-2H3;1H. The second kappa shape index (κ2) is 14.2. The predicted octanol–water partition coefficient (Wildman–Crippen LogP) is 4.39. The van der Waals surface area contributed by atoms with Gasteiger partial charge >= 0.3 is 0 Å². The van der Waals surface area contributed by atoms with E-state index in [-0.39, 0.29) is 19.4 Å². The molecule has 0 spiro atoms. The minimum Gasteiger partial charge on any atom is -0.377 e. The Hall–Kier alpha value is -1.79. The van der Waals surface area contributed by atoms with Crippen LogP contribution in [0, 0.1) is 5.92 Å². The van der Waals surface area contributed by atoms with Crippen LogP contribution < -0.4 is 5.32 Å². The molecule has 6 nitrogen and oxygen atoms in total. The number of hydrogen-bond acceptors (Lipinski definition) is 5. The van der Waals surface area contributed by atoms with Crippen LogP contribution in [0.15, 0.2) is 18.3 Å². The van der Waals surface area contributed by atoms with E-state index in [2.05, 4.69) is 10.3 Å². The number of nitrogens with one attached hydrogen (secondary N) is 1. The zero-order valence-corrected chi connectivity index (χ0v) is 18.7. The molecule has 1 aliphatic carbocycles. The molecular weight excluding hydrogens is 368 g/mol. The fourth-order valence-corrected chi connectivity index (χ4v) is 3.36. The van der Waals surface area contributed by atoms with Crippen molar-refractivity contribution >= 4 is 11.7 Å². The molecule has 1 N–H and O–H groups in total. The lowest BCUT2D eigenvalue weighted by Crippen LogP contribution is -2.28. The molecule has 0 bridgehead atoms. The molecule has 1 fully saturated rings. The van der Waals surface area contributed by atoms with Crippen LogP contribution in [-0.2, 0) is 14.3 Å². The van der Waals surface area contributed by atoms with Crippen LogP contribution >= 0.6 is 0 Å². The van der Waals surface area contributed by atoms with E-state index in [1.54, 1.807) is 13.1 Å². The van der Waals surface area contributed by atoms with Gasteiger partial charge in [-0.05, 0) is 58.6 Å². The van der Waals surface area contributed by atoms with Crippen molar-refractivity contribution in [1.29, 1.82) is 0 Å². The lowest BCUT2D eigenvalue weighted by atomic mass is 9.79. The van der Waals surface area contributed by atoms with Gasteiger partial charge < -0.3 is 14.8 Å². The summed E-state index contributed by atoms with van der Waals surface area (Å²) in [7, 11) is 0. The maximum atomic E-state index is 12.2. The molecule has 1 amide bonds. The second-order valence-corrected chi connectivity index (χ2v) is 7.42. The number of hydrogen-bond donors (Lipinski definition) is 1. The van der Waals surface area contributed by atoms with Gasteiger partial charge in [0.15, 0.2) is 0 Å². The molecule has 1 heterocycles. The Balaban J connectivity index is 0.00000272. The van der Waals surface area contributed by atoms with Crippen molar-refractivity contribution in [3.63, 3.8) is 0 Å². The second-order valence-electron chi connectivity index (χ2n) is 7.42. The fourth-order valence-electron chi connectivity index (χ4n) is 3.36. The van der Waals surface area contributed by atoms with Gasteiger partial charge in [0.2, 0.25) is 0 Å². The monoisotopic (exact) mass is 408 g/mol. The summed E-state index contributed by atoms with van der Waals surface area (Å²) in [5, 5.41) is 2.83. The average Bonchev–Trinajstić information content (AvgIpc) is 2.74. The van der Waals surface area contributed by atoms with Gasteiger partial charge in [0.1, 0.15) is 5.78 Å². The number of ether oxygens (including phenoxy) is 2. The van der Waals surface area contributed by atoms with Crippen LogP contribution in [0.1, 0.15) is 83.7 Å². The van der Waals surface area contributed by atoms with Gasteiger partial charge in [-0.15, -0.1) is 0 Å². The topological polar surface area (TPSA) is 77.5 Å². The van der Waals surface area contributed by atoms with Crippen molar-refractivity contribution in [3.8, 4) is 0 Å². The fraction of sp³-hybridized carbons (Fsp3) is 0.696. The van der Waals surface area contributed by atoms with E-state index in [4.69, 9.17) is 9.47 Å². The predicted molar refractivity (Wildman–Crippen MR) is 117 cm³/mol. The van der Waals surface area contributed by atoms with Crippen LogP contribution in [0.2, 0.25) is 0 Å². The number of aromatic nitrogens is 1. The maximum Gasteiger partial charge on any atom is 0.252 e. The lowest BCUT2D eigenvalue weighted by molar-refractivity contribution is -0.121. The SMILES string of the molecule is CC.CC(=O)C1CCC(c2ccc(C(=O)NCCOCCOC(C)C)cn2)CC1.[HH]. The highest BCUT2D eigenvalue weighted by Crippen LogP contribution is 2.35. The summed E-state index contributed by atoms with van der Waals surface area (Å²) in [4.78, 5) is 28.1. The molecule has 1 aliphatic rings. The zero-order valence-electron chi connectivity index (χ0n) is 18.7. The number of nitrogens with zero attached hydrogens (tertiary/aromatic N) is 1.